The molecular weight excluding hydrogens is 372 g/mol. The fourth-order valence-electron chi connectivity index (χ4n) is 3.05. The summed E-state index contributed by atoms with van der Waals surface area (Å²) in [4.78, 5) is 14.3. The van der Waals surface area contributed by atoms with Gasteiger partial charge in [-0.1, -0.05) is 43.6 Å². The van der Waals surface area contributed by atoms with Gasteiger partial charge in [-0.2, -0.15) is 0 Å². The zero-order chi connectivity index (χ0) is 18.9. The van der Waals surface area contributed by atoms with E-state index >= 15 is 0 Å². The van der Waals surface area contributed by atoms with Crippen molar-refractivity contribution in [2.24, 2.45) is 5.92 Å². The van der Waals surface area contributed by atoms with Crippen LogP contribution in [0.3, 0.4) is 0 Å². The Morgan fingerprint density at radius 3 is 2.62 bits per heavy atom. The van der Waals surface area contributed by atoms with Gasteiger partial charge in [0, 0.05) is 18.2 Å². The molecule has 1 aliphatic heterocycles. The number of anilines is 2. The van der Waals surface area contributed by atoms with Gasteiger partial charge in [0.15, 0.2) is 0 Å². The second-order valence-electron chi connectivity index (χ2n) is 6.63. The summed E-state index contributed by atoms with van der Waals surface area (Å²) in [5, 5.41) is 0.162. The Bertz CT molecular complexity index is 942. The number of nitrogens with one attached hydrogen (secondary N) is 1. The first kappa shape index (κ1) is 18.7. The van der Waals surface area contributed by atoms with Gasteiger partial charge in [-0.25, -0.2) is 8.42 Å². The van der Waals surface area contributed by atoms with E-state index in [1.807, 2.05) is 19.9 Å². The lowest BCUT2D eigenvalue weighted by Gasteiger charge is -2.31. The molecule has 1 heterocycles. The summed E-state index contributed by atoms with van der Waals surface area (Å²) in [6.07, 6.45) is 1.77. The smallest absolute Gasteiger partial charge is 0.263 e. The number of rotatable bonds is 4. The highest BCUT2D eigenvalue weighted by Gasteiger charge is 2.25. The van der Waals surface area contributed by atoms with Crippen molar-refractivity contribution in [3.05, 3.63) is 53.1 Å². The monoisotopic (exact) mass is 392 g/mol. The molecule has 7 heteroatoms. The highest BCUT2D eigenvalue weighted by atomic mass is 35.5. The van der Waals surface area contributed by atoms with E-state index in [9.17, 15) is 13.2 Å². The number of halogens is 1. The lowest BCUT2D eigenvalue weighted by atomic mass is 9.99. The second-order valence-corrected chi connectivity index (χ2v) is 8.69. The molecule has 0 bridgehead atoms. The molecule has 0 saturated carbocycles. The maximum atomic E-state index is 12.6. The number of nitrogens with zero attached hydrogens (tertiary/aromatic N) is 1. The van der Waals surface area contributed by atoms with Crippen molar-refractivity contribution in [1.29, 1.82) is 0 Å². The summed E-state index contributed by atoms with van der Waals surface area (Å²) in [6.45, 7) is 4.37. The summed E-state index contributed by atoms with van der Waals surface area (Å²) in [6, 6.07) is 11.6. The minimum absolute atomic E-state index is 0.0227. The van der Waals surface area contributed by atoms with Crippen molar-refractivity contribution in [1.82, 2.24) is 0 Å². The number of hydrogen-bond acceptors (Lipinski definition) is 3. The summed E-state index contributed by atoms with van der Waals surface area (Å²) in [5.41, 5.74) is 2.23. The van der Waals surface area contributed by atoms with Gasteiger partial charge in [0.2, 0.25) is 5.91 Å². The van der Waals surface area contributed by atoms with Crippen LogP contribution < -0.4 is 9.62 Å². The number of carbonyl (C=O) groups excluding carboxylic acids is 1. The number of sulfonamides is 1. The Morgan fingerprint density at radius 2 is 1.92 bits per heavy atom. The zero-order valence-electron chi connectivity index (χ0n) is 14.7. The molecule has 0 aliphatic carbocycles. The molecule has 0 saturated heterocycles. The lowest BCUT2D eigenvalue weighted by Crippen LogP contribution is -2.38. The molecule has 0 fully saturated rings. The minimum Gasteiger partial charge on any atom is -0.312 e. The van der Waals surface area contributed by atoms with Crippen molar-refractivity contribution in [2.75, 3.05) is 16.2 Å². The predicted octanol–water partition coefficient (Wildman–Crippen LogP) is 4.08. The van der Waals surface area contributed by atoms with Crippen molar-refractivity contribution in [3.63, 3.8) is 0 Å². The molecule has 0 aromatic heterocycles. The van der Waals surface area contributed by atoms with Crippen LogP contribution in [0, 0.1) is 5.92 Å². The van der Waals surface area contributed by atoms with E-state index in [4.69, 9.17) is 11.6 Å². The van der Waals surface area contributed by atoms with E-state index < -0.39 is 10.0 Å². The van der Waals surface area contributed by atoms with Gasteiger partial charge >= 0.3 is 0 Å². The number of benzene rings is 2. The number of fused-ring (bicyclic) bond motifs is 1. The molecule has 0 spiro atoms. The van der Waals surface area contributed by atoms with Gasteiger partial charge in [-0.3, -0.25) is 9.52 Å². The highest BCUT2D eigenvalue weighted by Crippen LogP contribution is 2.32. The van der Waals surface area contributed by atoms with E-state index in [1.165, 1.54) is 12.1 Å². The number of hydrogen-bond donors (Lipinski definition) is 1. The molecule has 5 nitrogen and oxygen atoms in total. The van der Waals surface area contributed by atoms with Crippen molar-refractivity contribution in [2.45, 2.75) is 31.6 Å². The van der Waals surface area contributed by atoms with Crippen LogP contribution in [-0.4, -0.2) is 20.9 Å². The molecule has 0 atom stereocenters. The SMILES string of the molecule is CC(C)C(=O)N1CCCc2ccc(NS(=O)(=O)c3ccccc3Cl)cc21. The zero-order valence-corrected chi connectivity index (χ0v) is 16.3. The van der Waals surface area contributed by atoms with Gasteiger partial charge in [-0.15, -0.1) is 0 Å². The molecule has 1 amide bonds. The summed E-state index contributed by atoms with van der Waals surface area (Å²) < 4.78 is 27.8. The van der Waals surface area contributed by atoms with Crippen LogP contribution in [0.1, 0.15) is 25.8 Å². The van der Waals surface area contributed by atoms with E-state index in [0.29, 0.717) is 12.2 Å². The lowest BCUT2D eigenvalue weighted by molar-refractivity contribution is -0.121. The molecular formula is C19H21ClN2O3S. The fourth-order valence-corrected chi connectivity index (χ4v) is 4.62. The first-order valence-corrected chi connectivity index (χ1v) is 10.4. The first-order valence-electron chi connectivity index (χ1n) is 8.51. The summed E-state index contributed by atoms with van der Waals surface area (Å²) in [5.74, 6) is -0.0820. The molecule has 3 rings (SSSR count). The van der Waals surface area contributed by atoms with Crippen LogP contribution in [0.4, 0.5) is 11.4 Å². The Morgan fingerprint density at radius 1 is 1.19 bits per heavy atom. The van der Waals surface area contributed by atoms with Gasteiger partial charge in [0.25, 0.3) is 10.0 Å². The Kier molecular flexibility index (Phi) is 5.25. The third kappa shape index (κ3) is 3.71. The quantitative estimate of drug-likeness (QED) is 0.852. The Labute approximate surface area is 159 Å². The van der Waals surface area contributed by atoms with Crippen LogP contribution in [0.25, 0.3) is 0 Å². The Balaban J connectivity index is 1.95. The van der Waals surface area contributed by atoms with Gasteiger partial charge in [0.05, 0.1) is 10.7 Å². The molecule has 2 aromatic rings. The summed E-state index contributed by atoms with van der Waals surface area (Å²) in [7, 11) is -3.81. The molecule has 0 radical (unpaired) electrons. The topological polar surface area (TPSA) is 66.5 Å². The second kappa shape index (κ2) is 7.29. The van der Waals surface area contributed by atoms with E-state index in [2.05, 4.69) is 4.72 Å². The van der Waals surface area contributed by atoms with Crippen molar-refractivity contribution in [3.8, 4) is 0 Å². The minimum atomic E-state index is -3.81. The van der Waals surface area contributed by atoms with Crippen molar-refractivity contribution >= 4 is 38.9 Å². The molecule has 26 heavy (non-hydrogen) atoms. The Hall–Kier alpha value is -2.05. The van der Waals surface area contributed by atoms with Gasteiger partial charge < -0.3 is 4.90 Å². The third-order valence-electron chi connectivity index (χ3n) is 4.34. The van der Waals surface area contributed by atoms with Crippen LogP contribution in [0.15, 0.2) is 47.4 Å². The van der Waals surface area contributed by atoms with Crippen LogP contribution in [-0.2, 0) is 21.2 Å². The average molecular weight is 393 g/mol. The van der Waals surface area contributed by atoms with Crippen LogP contribution in [0.2, 0.25) is 5.02 Å². The molecule has 0 unspecified atom stereocenters. The molecule has 1 N–H and O–H groups in total. The highest BCUT2D eigenvalue weighted by molar-refractivity contribution is 7.92. The van der Waals surface area contributed by atoms with Gasteiger partial charge in [-0.05, 0) is 42.7 Å². The largest absolute Gasteiger partial charge is 0.312 e. The van der Waals surface area contributed by atoms with E-state index in [0.717, 1.165) is 24.1 Å². The van der Waals surface area contributed by atoms with Crippen LogP contribution in [0.5, 0.6) is 0 Å². The van der Waals surface area contributed by atoms with Gasteiger partial charge in [0.1, 0.15) is 4.90 Å². The molecule has 2 aromatic carbocycles. The standard InChI is InChI=1S/C19H21ClN2O3S/c1-13(2)19(23)22-11-5-6-14-9-10-15(12-17(14)22)21-26(24,25)18-8-4-3-7-16(18)20/h3-4,7-10,12-13,21H,5-6,11H2,1-2H3. The fraction of sp³-hybridized carbons (Fsp3) is 0.316. The first-order chi connectivity index (χ1) is 12.3. The van der Waals surface area contributed by atoms with Crippen molar-refractivity contribution < 1.29 is 13.2 Å². The van der Waals surface area contributed by atoms with E-state index in [1.54, 1.807) is 29.2 Å². The number of amides is 1. The van der Waals surface area contributed by atoms with E-state index in [-0.39, 0.29) is 21.7 Å². The normalized spacial score (nSPS) is 14.2. The summed E-state index contributed by atoms with van der Waals surface area (Å²) >= 11 is 6.02. The predicted molar refractivity (Wildman–Crippen MR) is 104 cm³/mol. The molecule has 1 aliphatic rings. The average Bonchev–Trinajstić information content (AvgIpc) is 2.60. The number of carbonyl (C=O) groups is 1. The maximum absolute atomic E-state index is 12.6. The maximum Gasteiger partial charge on any atom is 0.263 e. The van der Waals surface area contributed by atoms with Crippen LogP contribution >= 0.6 is 11.6 Å². The molecule has 138 valence electrons. The number of aryl methyl sites for hydroxylation is 1. The third-order valence-corrected chi connectivity index (χ3v) is 6.22.